The third-order valence-electron chi connectivity index (χ3n) is 5.79. The third kappa shape index (κ3) is 5.81. The number of para-hydroxylation sites is 1. The molecule has 1 heterocycles. The van der Waals surface area contributed by atoms with Crippen LogP contribution < -0.4 is 19.7 Å². The third-order valence-corrected chi connectivity index (χ3v) is 6.07. The van der Waals surface area contributed by atoms with E-state index in [4.69, 9.17) is 21.7 Å². The number of hydrogen-bond donors (Lipinski definition) is 1. The van der Waals surface area contributed by atoms with E-state index in [-0.39, 0.29) is 16.4 Å². The van der Waals surface area contributed by atoms with Crippen LogP contribution in [0.25, 0.3) is 6.08 Å². The first-order valence-corrected chi connectivity index (χ1v) is 12.5. The standard InChI is InChI=1S/C30H27FN2O4S/c1-4-9-22-15-21(17-26(36-5-2)27(22)37-18-20-11-8-10-19(3)14-20)16-23-28(34)32-30(38)33(29(23)35)25-13-7-6-12-24(25)31/h4,6-8,10-17H,1,5,9,18H2,2-3H3,(H,32,34,38)/b23-16+. The Morgan fingerprint density at radius 1 is 1.08 bits per heavy atom. The average molecular weight is 531 g/mol. The van der Waals surface area contributed by atoms with Gasteiger partial charge in [-0.1, -0.05) is 48.0 Å². The van der Waals surface area contributed by atoms with Crippen LogP contribution in [-0.4, -0.2) is 23.5 Å². The number of aryl methyl sites for hydroxylation is 1. The molecule has 1 aliphatic heterocycles. The Balaban J connectivity index is 1.73. The zero-order valence-corrected chi connectivity index (χ0v) is 21.9. The molecule has 8 heteroatoms. The van der Waals surface area contributed by atoms with Crippen LogP contribution in [-0.2, 0) is 22.6 Å². The summed E-state index contributed by atoms with van der Waals surface area (Å²) in [5.41, 5.74) is 3.21. The Morgan fingerprint density at radius 2 is 1.87 bits per heavy atom. The molecule has 2 amide bonds. The van der Waals surface area contributed by atoms with Crippen molar-refractivity contribution in [1.29, 1.82) is 0 Å². The van der Waals surface area contributed by atoms with Crippen LogP contribution in [0.4, 0.5) is 10.1 Å². The molecule has 0 unspecified atom stereocenters. The fraction of sp³-hybridized carbons (Fsp3) is 0.167. The highest BCUT2D eigenvalue weighted by atomic mass is 32.1. The zero-order chi connectivity index (χ0) is 27.2. The molecule has 1 N–H and O–H groups in total. The number of ether oxygens (including phenoxy) is 2. The maximum Gasteiger partial charge on any atom is 0.270 e. The number of carbonyl (C=O) groups excluding carboxylic acids is 2. The zero-order valence-electron chi connectivity index (χ0n) is 21.1. The monoisotopic (exact) mass is 530 g/mol. The van der Waals surface area contributed by atoms with E-state index >= 15 is 0 Å². The first-order valence-electron chi connectivity index (χ1n) is 12.1. The SMILES string of the molecule is C=CCc1cc(/C=C2\C(=O)NC(=S)N(c3ccccc3F)C2=O)cc(OCC)c1OCc1cccc(C)c1. The maximum absolute atomic E-state index is 14.5. The van der Waals surface area contributed by atoms with Crippen LogP contribution >= 0.6 is 12.2 Å². The first-order chi connectivity index (χ1) is 18.3. The summed E-state index contributed by atoms with van der Waals surface area (Å²) in [6.07, 6.45) is 3.64. The van der Waals surface area contributed by atoms with Gasteiger partial charge in [0, 0.05) is 5.56 Å². The van der Waals surface area contributed by atoms with E-state index in [0.717, 1.165) is 21.6 Å². The summed E-state index contributed by atoms with van der Waals surface area (Å²) < 4.78 is 26.6. The van der Waals surface area contributed by atoms with Crippen molar-refractivity contribution in [2.45, 2.75) is 26.9 Å². The van der Waals surface area contributed by atoms with Crippen LogP contribution in [0.1, 0.15) is 29.2 Å². The van der Waals surface area contributed by atoms with Gasteiger partial charge in [0.05, 0.1) is 12.3 Å². The molecule has 1 fully saturated rings. The average Bonchev–Trinajstić information content (AvgIpc) is 2.87. The van der Waals surface area contributed by atoms with Gasteiger partial charge >= 0.3 is 0 Å². The number of nitrogens with one attached hydrogen (secondary N) is 1. The second kappa shape index (κ2) is 11.8. The van der Waals surface area contributed by atoms with E-state index in [1.165, 1.54) is 24.3 Å². The molecule has 3 aromatic rings. The molecule has 194 valence electrons. The maximum atomic E-state index is 14.5. The van der Waals surface area contributed by atoms with Gasteiger partial charge in [-0.15, -0.1) is 6.58 Å². The number of allylic oxidation sites excluding steroid dienone is 1. The normalized spacial score (nSPS) is 14.4. The van der Waals surface area contributed by atoms with Crippen LogP contribution in [0.2, 0.25) is 0 Å². The number of hydrogen-bond acceptors (Lipinski definition) is 5. The fourth-order valence-electron chi connectivity index (χ4n) is 4.13. The van der Waals surface area contributed by atoms with Gasteiger partial charge in [-0.3, -0.25) is 14.9 Å². The number of rotatable bonds is 9. The number of halogens is 1. The Kier molecular flexibility index (Phi) is 8.33. The molecule has 0 atom stereocenters. The van der Waals surface area contributed by atoms with Crippen molar-refractivity contribution in [3.8, 4) is 11.5 Å². The number of benzene rings is 3. The summed E-state index contributed by atoms with van der Waals surface area (Å²) in [6, 6.07) is 17.3. The molecule has 0 radical (unpaired) electrons. The minimum Gasteiger partial charge on any atom is -0.490 e. The van der Waals surface area contributed by atoms with Crippen molar-refractivity contribution >= 4 is 40.9 Å². The van der Waals surface area contributed by atoms with Gasteiger partial charge in [0.15, 0.2) is 16.6 Å². The van der Waals surface area contributed by atoms with Gasteiger partial charge in [0.2, 0.25) is 0 Å². The molecule has 3 aromatic carbocycles. The van der Waals surface area contributed by atoms with Gasteiger partial charge in [0.1, 0.15) is 18.0 Å². The van der Waals surface area contributed by atoms with Gasteiger partial charge in [-0.25, -0.2) is 9.29 Å². The Hall–Kier alpha value is -4.30. The number of nitrogens with zero attached hydrogens (tertiary/aromatic N) is 1. The van der Waals surface area contributed by atoms with Crippen molar-refractivity contribution in [2.75, 3.05) is 11.5 Å². The van der Waals surface area contributed by atoms with Gasteiger partial charge in [-0.2, -0.15) is 0 Å². The van der Waals surface area contributed by atoms with E-state index in [2.05, 4.69) is 11.9 Å². The summed E-state index contributed by atoms with van der Waals surface area (Å²) >= 11 is 5.18. The molecule has 4 rings (SSSR count). The highest BCUT2D eigenvalue weighted by Crippen LogP contribution is 2.36. The molecule has 38 heavy (non-hydrogen) atoms. The van der Waals surface area contributed by atoms with Crippen molar-refractivity contribution in [3.63, 3.8) is 0 Å². The molecule has 0 bridgehead atoms. The molecule has 6 nitrogen and oxygen atoms in total. The summed E-state index contributed by atoms with van der Waals surface area (Å²) in [6.45, 7) is 8.43. The number of thiocarbonyl (C=S) groups is 1. The minimum absolute atomic E-state index is 0.0457. The molecular weight excluding hydrogens is 503 g/mol. The predicted octanol–water partition coefficient (Wildman–Crippen LogP) is 5.67. The molecular formula is C30H27FN2O4S. The van der Waals surface area contributed by atoms with E-state index in [0.29, 0.717) is 36.7 Å². The lowest BCUT2D eigenvalue weighted by Gasteiger charge is -2.29. The number of carbonyl (C=O) groups is 2. The highest BCUT2D eigenvalue weighted by molar-refractivity contribution is 7.80. The van der Waals surface area contributed by atoms with Crippen molar-refractivity contribution in [2.24, 2.45) is 0 Å². The molecule has 0 aromatic heterocycles. The molecule has 0 saturated carbocycles. The Morgan fingerprint density at radius 3 is 2.58 bits per heavy atom. The molecule has 0 aliphatic carbocycles. The highest BCUT2D eigenvalue weighted by Gasteiger charge is 2.35. The number of anilines is 1. The lowest BCUT2D eigenvalue weighted by molar-refractivity contribution is -0.122. The molecule has 0 spiro atoms. The topological polar surface area (TPSA) is 67.9 Å². The van der Waals surface area contributed by atoms with E-state index in [1.54, 1.807) is 18.2 Å². The van der Waals surface area contributed by atoms with E-state index < -0.39 is 17.6 Å². The van der Waals surface area contributed by atoms with E-state index in [1.807, 2.05) is 44.2 Å². The Labute approximate surface area is 226 Å². The second-order valence-electron chi connectivity index (χ2n) is 8.62. The fourth-order valence-corrected chi connectivity index (χ4v) is 4.41. The lowest BCUT2D eigenvalue weighted by atomic mass is 10.0. The second-order valence-corrected chi connectivity index (χ2v) is 9.01. The summed E-state index contributed by atoms with van der Waals surface area (Å²) in [4.78, 5) is 27.1. The van der Waals surface area contributed by atoms with Crippen LogP contribution in [0.15, 0.2) is 78.9 Å². The lowest BCUT2D eigenvalue weighted by Crippen LogP contribution is -2.54. The van der Waals surface area contributed by atoms with Gasteiger partial charge in [0.25, 0.3) is 11.8 Å². The smallest absolute Gasteiger partial charge is 0.270 e. The predicted molar refractivity (Wildman–Crippen MR) is 150 cm³/mol. The van der Waals surface area contributed by atoms with Gasteiger partial charge < -0.3 is 9.47 Å². The summed E-state index contributed by atoms with van der Waals surface area (Å²) in [5.74, 6) is -1.01. The van der Waals surface area contributed by atoms with Crippen LogP contribution in [0.5, 0.6) is 11.5 Å². The van der Waals surface area contributed by atoms with Crippen molar-refractivity contribution in [1.82, 2.24) is 5.32 Å². The van der Waals surface area contributed by atoms with E-state index in [9.17, 15) is 14.0 Å². The number of amides is 2. The van der Waals surface area contributed by atoms with Crippen LogP contribution in [0.3, 0.4) is 0 Å². The minimum atomic E-state index is -0.730. The quantitative estimate of drug-likeness (QED) is 0.167. The summed E-state index contributed by atoms with van der Waals surface area (Å²) in [5, 5.41) is 2.29. The molecule has 1 saturated heterocycles. The summed E-state index contributed by atoms with van der Waals surface area (Å²) in [7, 11) is 0. The Bertz CT molecular complexity index is 1450. The first kappa shape index (κ1) is 26.8. The van der Waals surface area contributed by atoms with Crippen molar-refractivity contribution in [3.05, 3.63) is 107 Å². The van der Waals surface area contributed by atoms with Crippen molar-refractivity contribution < 1.29 is 23.5 Å². The van der Waals surface area contributed by atoms with Crippen LogP contribution in [0, 0.1) is 12.7 Å². The van der Waals surface area contributed by atoms with Gasteiger partial charge in [-0.05, 0) is 74.0 Å². The largest absolute Gasteiger partial charge is 0.490 e. The molecule has 1 aliphatic rings.